The molecule has 1 heterocycles. The monoisotopic (exact) mass is 232 g/mol. The number of carbonyl (C=O) groups is 1. The first kappa shape index (κ1) is 12.0. The van der Waals surface area contributed by atoms with E-state index in [1.807, 2.05) is 23.1 Å². The van der Waals surface area contributed by atoms with Crippen molar-refractivity contribution in [1.82, 2.24) is 4.90 Å². The highest BCUT2D eigenvalue weighted by Crippen LogP contribution is 2.25. The largest absolute Gasteiger partial charge is 0.398 e. The molecule has 3 nitrogen and oxygen atoms in total. The minimum Gasteiger partial charge on any atom is -0.398 e. The molecule has 0 aliphatic carbocycles. The van der Waals surface area contributed by atoms with Gasteiger partial charge in [0.25, 0.3) is 5.91 Å². The predicted molar refractivity (Wildman–Crippen MR) is 70.0 cm³/mol. The molecule has 1 aliphatic rings. The molecule has 1 aliphatic heterocycles. The minimum absolute atomic E-state index is 0.102. The lowest BCUT2D eigenvalue weighted by atomic mass is 10.0. The molecule has 0 aromatic heterocycles. The molecular weight excluding hydrogens is 212 g/mol. The van der Waals surface area contributed by atoms with Gasteiger partial charge < -0.3 is 10.6 Å². The number of nitrogens with two attached hydrogens (primary N) is 1. The summed E-state index contributed by atoms with van der Waals surface area (Å²) in [5.41, 5.74) is 8.40. The van der Waals surface area contributed by atoms with E-state index < -0.39 is 0 Å². The van der Waals surface area contributed by atoms with Gasteiger partial charge in [-0.15, -0.1) is 0 Å². The van der Waals surface area contributed by atoms with E-state index in [4.69, 9.17) is 5.73 Å². The van der Waals surface area contributed by atoms with Crippen LogP contribution in [0.5, 0.6) is 0 Å². The number of aryl methyl sites for hydroxylation is 1. The third-order valence-corrected chi connectivity index (χ3v) is 3.63. The number of benzene rings is 1. The molecule has 0 radical (unpaired) electrons. The average molecular weight is 232 g/mol. The van der Waals surface area contributed by atoms with Crippen molar-refractivity contribution in [3.8, 4) is 0 Å². The van der Waals surface area contributed by atoms with Crippen molar-refractivity contribution in [2.24, 2.45) is 0 Å². The molecule has 0 spiro atoms. The maximum atomic E-state index is 12.5. The minimum atomic E-state index is 0.102. The number of fused-ring (bicyclic) bond motifs is 1. The number of nitrogen functional groups attached to an aromatic ring is 1. The van der Waals surface area contributed by atoms with Gasteiger partial charge >= 0.3 is 0 Å². The van der Waals surface area contributed by atoms with Crippen molar-refractivity contribution in [2.45, 2.75) is 39.2 Å². The third-order valence-electron chi connectivity index (χ3n) is 3.63. The molecule has 1 aromatic carbocycles. The Hall–Kier alpha value is -1.51. The zero-order chi connectivity index (χ0) is 12.4. The summed E-state index contributed by atoms with van der Waals surface area (Å²) >= 11 is 0. The van der Waals surface area contributed by atoms with Gasteiger partial charge in [-0.1, -0.05) is 19.1 Å². The summed E-state index contributed by atoms with van der Waals surface area (Å²) in [6, 6.07) is 6.05. The Labute approximate surface area is 103 Å². The van der Waals surface area contributed by atoms with E-state index in [0.717, 1.165) is 36.9 Å². The van der Waals surface area contributed by atoms with Gasteiger partial charge in [0.05, 0.1) is 5.56 Å². The van der Waals surface area contributed by atoms with Gasteiger partial charge in [0.1, 0.15) is 0 Å². The summed E-state index contributed by atoms with van der Waals surface area (Å²) < 4.78 is 0. The Bertz CT molecular complexity index is 428. The third kappa shape index (κ3) is 2.14. The van der Waals surface area contributed by atoms with Crippen LogP contribution < -0.4 is 5.73 Å². The summed E-state index contributed by atoms with van der Waals surface area (Å²) in [5, 5.41) is 0. The smallest absolute Gasteiger partial charge is 0.256 e. The van der Waals surface area contributed by atoms with Crippen molar-refractivity contribution in [3.63, 3.8) is 0 Å². The highest BCUT2D eigenvalue weighted by Gasteiger charge is 2.26. The van der Waals surface area contributed by atoms with Crippen LogP contribution in [-0.4, -0.2) is 23.4 Å². The van der Waals surface area contributed by atoms with Gasteiger partial charge in [-0.3, -0.25) is 4.79 Å². The lowest BCUT2D eigenvalue weighted by Crippen LogP contribution is -2.38. The van der Waals surface area contributed by atoms with E-state index in [9.17, 15) is 4.79 Å². The van der Waals surface area contributed by atoms with Gasteiger partial charge in [0.2, 0.25) is 0 Å². The van der Waals surface area contributed by atoms with Crippen molar-refractivity contribution in [3.05, 3.63) is 29.3 Å². The second-order valence-corrected chi connectivity index (χ2v) is 4.74. The summed E-state index contributed by atoms with van der Waals surface area (Å²) in [7, 11) is 0. The van der Waals surface area contributed by atoms with Gasteiger partial charge in [0, 0.05) is 18.3 Å². The van der Waals surface area contributed by atoms with Crippen molar-refractivity contribution >= 4 is 11.6 Å². The number of hydrogen-bond donors (Lipinski definition) is 1. The van der Waals surface area contributed by atoms with E-state index in [1.165, 1.54) is 0 Å². The second kappa shape index (κ2) is 4.78. The van der Waals surface area contributed by atoms with Crippen LogP contribution in [0.15, 0.2) is 18.2 Å². The fourth-order valence-electron chi connectivity index (χ4n) is 2.42. The Kier molecular flexibility index (Phi) is 3.36. The summed E-state index contributed by atoms with van der Waals surface area (Å²) in [6.45, 7) is 5.04. The SMILES string of the molecule is CCC(C)N1CCCc2cccc(N)c2C1=O. The van der Waals surface area contributed by atoms with Crippen molar-refractivity contribution in [1.29, 1.82) is 0 Å². The van der Waals surface area contributed by atoms with Crippen LogP contribution in [0.3, 0.4) is 0 Å². The van der Waals surface area contributed by atoms with Crippen LogP contribution in [-0.2, 0) is 6.42 Å². The van der Waals surface area contributed by atoms with Crippen LogP contribution in [0.25, 0.3) is 0 Å². The Morgan fingerprint density at radius 1 is 1.47 bits per heavy atom. The fraction of sp³-hybridized carbons (Fsp3) is 0.500. The summed E-state index contributed by atoms with van der Waals surface area (Å²) in [5.74, 6) is 0.102. The van der Waals surface area contributed by atoms with Crippen LogP contribution in [0, 0.1) is 0 Å². The first-order valence-electron chi connectivity index (χ1n) is 6.33. The maximum Gasteiger partial charge on any atom is 0.256 e. The lowest BCUT2D eigenvalue weighted by molar-refractivity contribution is 0.0695. The molecule has 1 aromatic rings. The molecule has 0 saturated heterocycles. The summed E-state index contributed by atoms with van der Waals surface area (Å²) in [4.78, 5) is 14.5. The van der Waals surface area contributed by atoms with Crippen LogP contribution in [0.1, 0.15) is 42.6 Å². The quantitative estimate of drug-likeness (QED) is 0.796. The van der Waals surface area contributed by atoms with Crippen molar-refractivity contribution < 1.29 is 4.79 Å². The molecule has 1 unspecified atom stereocenters. The van der Waals surface area contributed by atoms with Crippen LogP contribution in [0.4, 0.5) is 5.69 Å². The number of anilines is 1. The molecule has 0 fully saturated rings. The highest BCUT2D eigenvalue weighted by molar-refractivity contribution is 6.01. The first-order chi connectivity index (χ1) is 8.15. The summed E-state index contributed by atoms with van der Waals surface area (Å²) in [6.07, 6.45) is 2.94. The number of carbonyl (C=O) groups excluding carboxylic acids is 1. The molecule has 2 N–H and O–H groups in total. The molecule has 1 atom stereocenters. The fourth-order valence-corrected chi connectivity index (χ4v) is 2.42. The number of rotatable bonds is 2. The topological polar surface area (TPSA) is 46.3 Å². The Morgan fingerprint density at radius 2 is 2.24 bits per heavy atom. The first-order valence-corrected chi connectivity index (χ1v) is 6.33. The van der Waals surface area contributed by atoms with E-state index >= 15 is 0 Å². The highest BCUT2D eigenvalue weighted by atomic mass is 16.2. The average Bonchev–Trinajstić information content (AvgIpc) is 2.49. The molecule has 17 heavy (non-hydrogen) atoms. The number of nitrogens with zero attached hydrogens (tertiary/aromatic N) is 1. The zero-order valence-electron chi connectivity index (χ0n) is 10.6. The van der Waals surface area contributed by atoms with Crippen molar-refractivity contribution in [2.75, 3.05) is 12.3 Å². The number of amides is 1. The van der Waals surface area contributed by atoms with E-state index in [1.54, 1.807) is 0 Å². The zero-order valence-corrected chi connectivity index (χ0v) is 10.6. The Balaban J connectivity index is 2.42. The lowest BCUT2D eigenvalue weighted by Gasteiger charge is -2.27. The molecular formula is C14H20N2O. The molecule has 92 valence electrons. The molecule has 0 bridgehead atoms. The molecule has 1 amide bonds. The van der Waals surface area contributed by atoms with E-state index in [0.29, 0.717) is 5.69 Å². The van der Waals surface area contributed by atoms with Crippen LogP contribution in [0.2, 0.25) is 0 Å². The van der Waals surface area contributed by atoms with E-state index in [-0.39, 0.29) is 11.9 Å². The second-order valence-electron chi connectivity index (χ2n) is 4.74. The molecule has 0 saturated carbocycles. The molecule has 2 rings (SSSR count). The predicted octanol–water partition coefficient (Wildman–Crippen LogP) is 2.46. The van der Waals surface area contributed by atoms with Gasteiger partial charge in [-0.05, 0) is 37.8 Å². The van der Waals surface area contributed by atoms with Gasteiger partial charge in [-0.25, -0.2) is 0 Å². The maximum absolute atomic E-state index is 12.5. The standard InChI is InChI=1S/C14H20N2O/c1-3-10(2)16-9-5-7-11-6-4-8-12(15)13(11)14(16)17/h4,6,8,10H,3,5,7,9,15H2,1-2H3. The normalized spacial score (nSPS) is 17.5. The van der Waals surface area contributed by atoms with Gasteiger partial charge in [0.15, 0.2) is 0 Å². The number of hydrogen-bond acceptors (Lipinski definition) is 2. The van der Waals surface area contributed by atoms with Crippen LogP contribution >= 0.6 is 0 Å². The molecule has 3 heteroatoms. The Morgan fingerprint density at radius 3 is 2.94 bits per heavy atom. The van der Waals surface area contributed by atoms with E-state index in [2.05, 4.69) is 13.8 Å². The van der Waals surface area contributed by atoms with Gasteiger partial charge in [-0.2, -0.15) is 0 Å².